The first-order valence-corrected chi connectivity index (χ1v) is 8.83. The summed E-state index contributed by atoms with van der Waals surface area (Å²) in [6.45, 7) is 3.50. The second kappa shape index (κ2) is 6.76. The molecule has 3 rings (SSSR count). The number of aliphatic carboxylic acids is 1. The molecule has 25 heavy (non-hydrogen) atoms. The third kappa shape index (κ3) is 3.04. The number of likely N-dealkylation sites (tertiary alicyclic amines) is 1. The van der Waals surface area contributed by atoms with E-state index in [4.69, 9.17) is 15.9 Å². The van der Waals surface area contributed by atoms with Crippen LogP contribution < -0.4 is 11.1 Å². The van der Waals surface area contributed by atoms with Crippen molar-refractivity contribution in [3.05, 3.63) is 11.3 Å². The molecule has 138 valence electrons. The number of Topliss-reactive ketones (excluding diaryl/α,β-unsaturated/α-hetero) is 1. The number of carbonyl (C=O) groups is 2. The number of nitrogens with zero attached hydrogens (tertiary/aromatic N) is 1. The number of piperidine rings is 1. The van der Waals surface area contributed by atoms with Crippen LogP contribution in [0.5, 0.6) is 0 Å². The van der Waals surface area contributed by atoms with E-state index in [1.807, 2.05) is 11.8 Å². The maximum atomic E-state index is 13.2. The largest absolute Gasteiger partial charge is 0.481 e. The number of carbonyl (C=O) groups excluding carboxylic acids is 1. The fourth-order valence-corrected chi connectivity index (χ4v) is 4.25. The third-order valence-electron chi connectivity index (χ3n) is 5.47. The van der Waals surface area contributed by atoms with Crippen LogP contribution >= 0.6 is 0 Å². The highest BCUT2D eigenvalue weighted by Gasteiger charge is 2.55. The van der Waals surface area contributed by atoms with Gasteiger partial charge in [0, 0.05) is 30.8 Å². The van der Waals surface area contributed by atoms with Gasteiger partial charge in [0.2, 0.25) is 0 Å². The average molecular weight is 350 g/mol. The Kier molecular flexibility index (Phi) is 4.83. The van der Waals surface area contributed by atoms with Gasteiger partial charge in [-0.2, -0.15) is 0 Å². The summed E-state index contributed by atoms with van der Waals surface area (Å²) in [6, 6.07) is 0. The minimum absolute atomic E-state index is 0.0882. The molecule has 8 heteroatoms. The molecule has 3 aliphatic heterocycles. The molecule has 0 bridgehead atoms. The number of carboxylic acids is 1. The molecule has 0 aliphatic carbocycles. The molecule has 0 saturated carbocycles. The Labute approximate surface area is 146 Å². The lowest BCUT2D eigenvalue weighted by molar-refractivity contribution is -0.143. The summed E-state index contributed by atoms with van der Waals surface area (Å²) in [5.41, 5.74) is 5.94. The second-order valence-electron chi connectivity index (χ2n) is 7.15. The van der Waals surface area contributed by atoms with Crippen LogP contribution in [0.4, 0.5) is 0 Å². The fourth-order valence-electron chi connectivity index (χ4n) is 4.25. The van der Waals surface area contributed by atoms with E-state index in [1.165, 1.54) is 0 Å². The zero-order valence-electron chi connectivity index (χ0n) is 14.5. The standard InChI is InChI=1S/C17H26N4O4/c1-10-7-11-13(9-25-10)20-17(16(18)19,21-5-3-2-4-6-21)12(15(11)24)8-14(22)23/h10,12,20H,2-9H2,1H3,(H3,18,19)(H,22,23). The molecular formula is C17H26N4O4. The summed E-state index contributed by atoms with van der Waals surface area (Å²) < 4.78 is 5.65. The minimum Gasteiger partial charge on any atom is -0.481 e. The molecule has 0 aromatic carbocycles. The Hall–Kier alpha value is -1.93. The number of rotatable bonds is 4. The van der Waals surface area contributed by atoms with Gasteiger partial charge in [-0.1, -0.05) is 6.42 Å². The van der Waals surface area contributed by atoms with E-state index >= 15 is 0 Å². The van der Waals surface area contributed by atoms with Gasteiger partial charge in [-0.05, 0) is 19.8 Å². The van der Waals surface area contributed by atoms with Gasteiger partial charge in [0.15, 0.2) is 11.4 Å². The van der Waals surface area contributed by atoms with Crippen molar-refractivity contribution >= 4 is 17.6 Å². The van der Waals surface area contributed by atoms with E-state index in [9.17, 15) is 14.7 Å². The molecule has 3 heterocycles. The number of nitrogens with one attached hydrogen (secondary N) is 2. The van der Waals surface area contributed by atoms with Crippen LogP contribution in [-0.2, 0) is 14.3 Å². The van der Waals surface area contributed by atoms with Crippen molar-refractivity contribution in [2.45, 2.75) is 50.8 Å². The summed E-state index contributed by atoms with van der Waals surface area (Å²) in [5.74, 6) is -2.40. The molecule has 3 atom stereocenters. The Bertz CT molecular complexity index is 626. The van der Waals surface area contributed by atoms with E-state index in [0.29, 0.717) is 30.8 Å². The van der Waals surface area contributed by atoms with E-state index in [1.54, 1.807) is 0 Å². The molecule has 0 amide bonds. The molecule has 5 N–H and O–H groups in total. The van der Waals surface area contributed by atoms with Crippen LogP contribution in [0.15, 0.2) is 11.3 Å². The summed E-state index contributed by atoms with van der Waals surface area (Å²) in [5, 5.41) is 20.9. The Morgan fingerprint density at radius 1 is 1.44 bits per heavy atom. The maximum absolute atomic E-state index is 13.2. The SMILES string of the molecule is CC1CC2=C(CO1)NC(C(=N)N)(N1CCCCC1)C(CC(=O)O)C2=O. The molecule has 1 saturated heterocycles. The van der Waals surface area contributed by atoms with Gasteiger partial charge in [0.05, 0.1) is 25.0 Å². The van der Waals surface area contributed by atoms with Crippen molar-refractivity contribution in [3.8, 4) is 0 Å². The highest BCUT2D eigenvalue weighted by molar-refractivity contribution is 6.06. The van der Waals surface area contributed by atoms with Gasteiger partial charge < -0.3 is 20.9 Å². The van der Waals surface area contributed by atoms with Crippen molar-refractivity contribution in [2.75, 3.05) is 19.7 Å². The van der Waals surface area contributed by atoms with Gasteiger partial charge in [-0.25, -0.2) is 0 Å². The zero-order valence-corrected chi connectivity index (χ0v) is 14.5. The highest BCUT2D eigenvalue weighted by Crippen LogP contribution is 2.38. The minimum atomic E-state index is -1.28. The second-order valence-corrected chi connectivity index (χ2v) is 7.15. The average Bonchev–Trinajstić information content (AvgIpc) is 2.58. The number of hydrogen-bond acceptors (Lipinski definition) is 6. The van der Waals surface area contributed by atoms with E-state index < -0.39 is 17.6 Å². The molecule has 0 aromatic rings. The van der Waals surface area contributed by atoms with Crippen molar-refractivity contribution in [3.63, 3.8) is 0 Å². The molecule has 8 nitrogen and oxygen atoms in total. The van der Waals surface area contributed by atoms with Crippen LogP contribution in [0.1, 0.15) is 39.0 Å². The topological polar surface area (TPSA) is 129 Å². The number of ketones is 1. The summed E-state index contributed by atoms with van der Waals surface area (Å²) >= 11 is 0. The first-order chi connectivity index (χ1) is 11.9. The number of ether oxygens (including phenoxy) is 1. The number of carboxylic acid groups (broad SMARTS) is 1. The van der Waals surface area contributed by atoms with Crippen molar-refractivity contribution in [1.82, 2.24) is 10.2 Å². The molecule has 3 unspecified atom stereocenters. The Morgan fingerprint density at radius 3 is 2.72 bits per heavy atom. The first kappa shape index (κ1) is 17.9. The Balaban J connectivity index is 2.08. The molecule has 0 radical (unpaired) electrons. The molecule has 1 fully saturated rings. The lowest BCUT2D eigenvalue weighted by Crippen LogP contribution is -2.74. The van der Waals surface area contributed by atoms with Gasteiger partial charge in [-0.3, -0.25) is 19.9 Å². The zero-order chi connectivity index (χ0) is 18.2. The molecular weight excluding hydrogens is 324 g/mol. The lowest BCUT2D eigenvalue weighted by Gasteiger charge is -2.52. The quantitative estimate of drug-likeness (QED) is 0.427. The number of amidine groups is 1. The van der Waals surface area contributed by atoms with E-state index in [-0.39, 0.29) is 30.8 Å². The maximum Gasteiger partial charge on any atom is 0.304 e. The monoisotopic (exact) mass is 350 g/mol. The summed E-state index contributed by atoms with van der Waals surface area (Å²) in [4.78, 5) is 26.7. The predicted molar refractivity (Wildman–Crippen MR) is 91.0 cm³/mol. The smallest absolute Gasteiger partial charge is 0.304 e. The first-order valence-electron chi connectivity index (χ1n) is 8.83. The molecule has 0 spiro atoms. The number of nitrogens with two attached hydrogens (primary N) is 1. The number of hydrogen-bond donors (Lipinski definition) is 4. The lowest BCUT2D eigenvalue weighted by atomic mass is 9.75. The van der Waals surface area contributed by atoms with Crippen molar-refractivity contribution in [2.24, 2.45) is 11.7 Å². The van der Waals surface area contributed by atoms with Gasteiger partial charge in [-0.15, -0.1) is 0 Å². The van der Waals surface area contributed by atoms with E-state index in [0.717, 1.165) is 19.3 Å². The van der Waals surface area contributed by atoms with Crippen LogP contribution in [0.3, 0.4) is 0 Å². The predicted octanol–water partition coefficient (Wildman–Crippen LogP) is 0.431. The van der Waals surface area contributed by atoms with E-state index in [2.05, 4.69) is 5.32 Å². The fraction of sp³-hybridized carbons (Fsp3) is 0.706. The van der Waals surface area contributed by atoms with Crippen LogP contribution in [0.25, 0.3) is 0 Å². The molecule has 0 aromatic heterocycles. The highest BCUT2D eigenvalue weighted by atomic mass is 16.5. The van der Waals surface area contributed by atoms with Gasteiger partial charge in [0.25, 0.3) is 0 Å². The third-order valence-corrected chi connectivity index (χ3v) is 5.47. The van der Waals surface area contributed by atoms with Crippen LogP contribution in [0, 0.1) is 11.3 Å². The van der Waals surface area contributed by atoms with Gasteiger partial charge in [0.1, 0.15) is 5.84 Å². The van der Waals surface area contributed by atoms with Gasteiger partial charge >= 0.3 is 5.97 Å². The van der Waals surface area contributed by atoms with Crippen molar-refractivity contribution in [1.29, 1.82) is 5.41 Å². The normalized spacial score (nSPS) is 33.6. The van der Waals surface area contributed by atoms with Crippen molar-refractivity contribution < 1.29 is 19.4 Å². The summed E-state index contributed by atoms with van der Waals surface area (Å²) in [6.07, 6.45) is 2.96. The summed E-state index contributed by atoms with van der Waals surface area (Å²) in [7, 11) is 0. The molecule has 3 aliphatic rings. The van der Waals surface area contributed by atoms with Crippen LogP contribution in [-0.4, -0.2) is 59.1 Å². The van der Waals surface area contributed by atoms with Crippen LogP contribution in [0.2, 0.25) is 0 Å². The Morgan fingerprint density at radius 2 is 2.12 bits per heavy atom.